The van der Waals surface area contributed by atoms with Crippen molar-refractivity contribution in [1.82, 2.24) is 0 Å². The van der Waals surface area contributed by atoms with Crippen LogP contribution in [0.4, 0.5) is 0 Å². The summed E-state index contributed by atoms with van der Waals surface area (Å²) < 4.78 is 11.5. The molecular formula is C18H22O2. The number of methoxy groups -OCH3 is 1. The van der Waals surface area contributed by atoms with Crippen molar-refractivity contribution in [2.24, 2.45) is 0 Å². The number of benzene rings is 2. The summed E-state index contributed by atoms with van der Waals surface area (Å²) in [6.07, 6.45) is 1.84. The van der Waals surface area contributed by atoms with Crippen molar-refractivity contribution in [3.05, 3.63) is 60.2 Å². The lowest BCUT2D eigenvalue weighted by molar-refractivity contribution is 0.0573. The highest BCUT2D eigenvalue weighted by molar-refractivity contribution is 5.33. The molecule has 0 fully saturated rings. The van der Waals surface area contributed by atoms with E-state index in [1.807, 2.05) is 42.5 Å². The Morgan fingerprint density at radius 2 is 1.40 bits per heavy atom. The Balaban J connectivity index is 2.32. The van der Waals surface area contributed by atoms with Crippen LogP contribution in [0.1, 0.15) is 32.3 Å². The smallest absolute Gasteiger partial charge is 0.133 e. The number of ether oxygens (including phenoxy) is 2. The third-order valence-electron chi connectivity index (χ3n) is 3.81. The molecule has 0 N–H and O–H groups in total. The van der Waals surface area contributed by atoms with E-state index in [0.29, 0.717) is 0 Å². The van der Waals surface area contributed by atoms with Gasteiger partial charge in [-0.1, -0.05) is 44.2 Å². The summed E-state index contributed by atoms with van der Waals surface area (Å²) in [5.74, 6) is 1.78. The zero-order chi connectivity index (χ0) is 14.4. The van der Waals surface area contributed by atoms with E-state index in [0.717, 1.165) is 24.3 Å². The van der Waals surface area contributed by atoms with Gasteiger partial charge >= 0.3 is 0 Å². The first-order valence-electron chi connectivity index (χ1n) is 7.12. The normalized spacial score (nSPS) is 11.2. The standard InChI is InChI=1S/C18H22O2/c1-4-18(5-2,20-17-9-7-6-8-10-17)15-11-13-16(19-3)14-12-15/h6-14H,4-5H2,1-3H3. The highest BCUT2D eigenvalue weighted by atomic mass is 16.5. The molecule has 0 aliphatic carbocycles. The van der Waals surface area contributed by atoms with Crippen LogP contribution in [-0.2, 0) is 5.60 Å². The first-order chi connectivity index (χ1) is 9.74. The molecule has 106 valence electrons. The SMILES string of the molecule is CCC(CC)(Oc1ccccc1)c1ccc(OC)cc1. The van der Waals surface area contributed by atoms with Crippen LogP contribution < -0.4 is 9.47 Å². The quantitative estimate of drug-likeness (QED) is 0.751. The van der Waals surface area contributed by atoms with Crippen LogP contribution in [0, 0.1) is 0 Å². The number of hydrogen-bond donors (Lipinski definition) is 0. The molecule has 2 aromatic carbocycles. The Morgan fingerprint density at radius 3 is 1.90 bits per heavy atom. The second kappa shape index (κ2) is 6.47. The van der Waals surface area contributed by atoms with Crippen LogP contribution >= 0.6 is 0 Å². The van der Waals surface area contributed by atoms with Gasteiger partial charge in [-0.05, 0) is 42.7 Å². The van der Waals surface area contributed by atoms with Gasteiger partial charge < -0.3 is 9.47 Å². The highest BCUT2D eigenvalue weighted by Crippen LogP contribution is 2.35. The van der Waals surface area contributed by atoms with Crippen molar-refractivity contribution in [2.45, 2.75) is 32.3 Å². The highest BCUT2D eigenvalue weighted by Gasteiger charge is 2.30. The van der Waals surface area contributed by atoms with Crippen molar-refractivity contribution in [2.75, 3.05) is 7.11 Å². The maximum atomic E-state index is 6.32. The summed E-state index contributed by atoms with van der Waals surface area (Å²) in [7, 11) is 1.68. The molecule has 0 unspecified atom stereocenters. The van der Waals surface area contributed by atoms with Crippen LogP contribution in [0.5, 0.6) is 11.5 Å². The van der Waals surface area contributed by atoms with E-state index in [4.69, 9.17) is 9.47 Å². The molecule has 0 saturated heterocycles. The second-order valence-electron chi connectivity index (χ2n) is 4.85. The van der Waals surface area contributed by atoms with Gasteiger partial charge in [-0.3, -0.25) is 0 Å². The lowest BCUT2D eigenvalue weighted by Gasteiger charge is -2.33. The minimum Gasteiger partial charge on any atom is -0.497 e. The summed E-state index contributed by atoms with van der Waals surface area (Å²) in [4.78, 5) is 0. The Bertz CT molecular complexity index is 513. The van der Waals surface area contributed by atoms with Crippen LogP contribution in [-0.4, -0.2) is 7.11 Å². The van der Waals surface area contributed by atoms with Gasteiger partial charge in [0.1, 0.15) is 17.1 Å². The van der Waals surface area contributed by atoms with E-state index in [1.165, 1.54) is 5.56 Å². The Morgan fingerprint density at radius 1 is 0.800 bits per heavy atom. The molecule has 2 heteroatoms. The molecule has 0 aromatic heterocycles. The van der Waals surface area contributed by atoms with Gasteiger partial charge in [0.15, 0.2) is 0 Å². The monoisotopic (exact) mass is 270 g/mol. The van der Waals surface area contributed by atoms with Gasteiger partial charge in [-0.25, -0.2) is 0 Å². The molecular weight excluding hydrogens is 248 g/mol. The predicted molar refractivity (Wildman–Crippen MR) is 82.3 cm³/mol. The third kappa shape index (κ3) is 2.96. The molecule has 0 amide bonds. The minimum atomic E-state index is -0.284. The number of hydrogen-bond acceptors (Lipinski definition) is 2. The van der Waals surface area contributed by atoms with Crippen molar-refractivity contribution >= 4 is 0 Å². The molecule has 2 aromatic rings. The van der Waals surface area contributed by atoms with Crippen molar-refractivity contribution < 1.29 is 9.47 Å². The topological polar surface area (TPSA) is 18.5 Å². The molecule has 0 radical (unpaired) electrons. The molecule has 0 aliphatic heterocycles. The van der Waals surface area contributed by atoms with Gasteiger partial charge in [0, 0.05) is 0 Å². The van der Waals surface area contributed by atoms with Crippen molar-refractivity contribution in [1.29, 1.82) is 0 Å². The largest absolute Gasteiger partial charge is 0.497 e. The maximum absolute atomic E-state index is 6.32. The lowest BCUT2D eigenvalue weighted by atomic mass is 9.88. The predicted octanol–water partition coefficient (Wildman–Crippen LogP) is 4.79. The molecule has 0 saturated carbocycles. The van der Waals surface area contributed by atoms with E-state index < -0.39 is 0 Å². The summed E-state index contributed by atoms with van der Waals surface area (Å²) >= 11 is 0. The van der Waals surface area contributed by atoms with Gasteiger partial charge in [-0.2, -0.15) is 0 Å². The van der Waals surface area contributed by atoms with Crippen LogP contribution in [0.15, 0.2) is 54.6 Å². The average molecular weight is 270 g/mol. The van der Waals surface area contributed by atoms with Gasteiger partial charge in [0.25, 0.3) is 0 Å². The molecule has 2 rings (SSSR count). The molecule has 0 heterocycles. The molecule has 0 aliphatic rings. The fourth-order valence-electron chi connectivity index (χ4n) is 2.47. The Hall–Kier alpha value is -1.96. The van der Waals surface area contributed by atoms with Crippen LogP contribution in [0.25, 0.3) is 0 Å². The van der Waals surface area contributed by atoms with E-state index in [-0.39, 0.29) is 5.60 Å². The second-order valence-corrected chi connectivity index (χ2v) is 4.85. The zero-order valence-electron chi connectivity index (χ0n) is 12.4. The Labute approximate surface area is 121 Å². The van der Waals surface area contributed by atoms with Crippen LogP contribution in [0.3, 0.4) is 0 Å². The maximum Gasteiger partial charge on any atom is 0.133 e. The number of para-hydroxylation sites is 1. The summed E-state index contributed by atoms with van der Waals surface area (Å²) in [5.41, 5.74) is 0.903. The van der Waals surface area contributed by atoms with Crippen LogP contribution in [0.2, 0.25) is 0 Å². The van der Waals surface area contributed by atoms with Crippen molar-refractivity contribution in [3.63, 3.8) is 0 Å². The fraction of sp³-hybridized carbons (Fsp3) is 0.333. The summed E-state index contributed by atoms with van der Waals surface area (Å²) in [6, 6.07) is 18.2. The molecule has 20 heavy (non-hydrogen) atoms. The third-order valence-corrected chi connectivity index (χ3v) is 3.81. The average Bonchev–Trinajstić information content (AvgIpc) is 2.54. The zero-order valence-corrected chi connectivity index (χ0v) is 12.4. The van der Waals surface area contributed by atoms with Gasteiger partial charge in [-0.15, -0.1) is 0 Å². The van der Waals surface area contributed by atoms with E-state index in [2.05, 4.69) is 26.0 Å². The first kappa shape index (κ1) is 14.4. The van der Waals surface area contributed by atoms with E-state index >= 15 is 0 Å². The fourth-order valence-corrected chi connectivity index (χ4v) is 2.47. The lowest BCUT2D eigenvalue weighted by Crippen LogP contribution is -2.31. The summed E-state index contributed by atoms with van der Waals surface area (Å²) in [5, 5.41) is 0. The molecule has 0 atom stereocenters. The van der Waals surface area contributed by atoms with Gasteiger partial charge in [0.2, 0.25) is 0 Å². The molecule has 0 bridgehead atoms. The molecule has 0 spiro atoms. The van der Waals surface area contributed by atoms with E-state index in [9.17, 15) is 0 Å². The van der Waals surface area contributed by atoms with E-state index in [1.54, 1.807) is 7.11 Å². The Kier molecular flexibility index (Phi) is 4.67. The summed E-state index contributed by atoms with van der Waals surface area (Å²) in [6.45, 7) is 4.33. The van der Waals surface area contributed by atoms with Crippen molar-refractivity contribution in [3.8, 4) is 11.5 Å². The first-order valence-corrected chi connectivity index (χ1v) is 7.12. The van der Waals surface area contributed by atoms with Gasteiger partial charge in [0.05, 0.1) is 7.11 Å². The minimum absolute atomic E-state index is 0.284. The molecule has 2 nitrogen and oxygen atoms in total. The number of rotatable bonds is 6.